The Morgan fingerprint density at radius 2 is 2.20 bits per heavy atom. The van der Waals surface area contributed by atoms with Gasteiger partial charge in [0.25, 0.3) is 5.91 Å². The van der Waals surface area contributed by atoms with Crippen molar-refractivity contribution in [2.24, 2.45) is 5.92 Å². The van der Waals surface area contributed by atoms with E-state index in [0.29, 0.717) is 5.11 Å². The first-order valence-electron chi connectivity index (χ1n) is 6.93. The third kappa shape index (κ3) is 3.70. The molecule has 3 N–H and O–H groups in total. The summed E-state index contributed by atoms with van der Waals surface area (Å²) in [6.07, 6.45) is 3.25. The Balaban J connectivity index is 1.95. The zero-order valence-electron chi connectivity index (χ0n) is 12.1. The molecule has 1 atom stereocenters. The number of fused-ring (bicyclic) bond motifs is 1. The van der Waals surface area contributed by atoms with Gasteiger partial charge in [0, 0.05) is 16.3 Å². The molecule has 0 spiro atoms. The number of carbonyl (C=O) groups excluding carboxylic acids is 1. The predicted molar refractivity (Wildman–Crippen MR) is 87.0 cm³/mol. The van der Waals surface area contributed by atoms with Crippen LogP contribution in [0.15, 0.2) is 5.38 Å². The molecule has 4 nitrogen and oxygen atoms in total. The van der Waals surface area contributed by atoms with E-state index in [-0.39, 0.29) is 11.9 Å². The van der Waals surface area contributed by atoms with Crippen molar-refractivity contribution in [1.29, 1.82) is 0 Å². The zero-order chi connectivity index (χ0) is 14.7. The fraction of sp³-hybridized carbons (Fsp3) is 0.571. The lowest BCUT2D eigenvalue weighted by Gasteiger charge is -2.19. The minimum absolute atomic E-state index is 0.107. The molecule has 0 fully saturated rings. The molecule has 1 aliphatic rings. The maximum Gasteiger partial charge on any atom is 0.270 e. The summed E-state index contributed by atoms with van der Waals surface area (Å²) in [5, 5.41) is 5.41. The Hall–Kier alpha value is -1.14. The highest BCUT2D eigenvalue weighted by atomic mass is 32.1. The molecular weight excluding hydrogens is 290 g/mol. The highest BCUT2D eigenvalue weighted by Crippen LogP contribution is 2.32. The number of hydrogen-bond donors (Lipinski definition) is 3. The van der Waals surface area contributed by atoms with E-state index in [1.165, 1.54) is 10.4 Å². The number of hydrogen-bond acceptors (Lipinski definition) is 3. The minimum atomic E-state index is -0.107. The molecule has 1 amide bonds. The Morgan fingerprint density at radius 3 is 2.90 bits per heavy atom. The second-order valence-corrected chi connectivity index (χ2v) is 6.98. The number of hydrazine groups is 1. The van der Waals surface area contributed by atoms with Crippen LogP contribution >= 0.6 is 23.6 Å². The van der Waals surface area contributed by atoms with Gasteiger partial charge in [-0.3, -0.25) is 15.6 Å². The molecule has 1 aliphatic carbocycles. The van der Waals surface area contributed by atoms with Crippen LogP contribution in [0, 0.1) is 5.92 Å². The van der Waals surface area contributed by atoms with Gasteiger partial charge in [0.1, 0.15) is 0 Å². The number of thiophene rings is 1. The van der Waals surface area contributed by atoms with Gasteiger partial charge in [0.05, 0.1) is 5.56 Å². The first-order valence-corrected chi connectivity index (χ1v) is 8.22. The summed E-state index contributed by atoms with van der Waals surface area (Å²) in [6, 6.07) is 0.238. The molecule has 0 bridgehead atoms. The van der Waals surface area contributed by atoms with Crippen molar-refractivity contribution >= 4 is 34.6 Å². The highest BCUT2D eigenvalue weighted by molar-refractivity contribution is 7.80. The molecular formula is C14H21N3OS2. The molecule has 1 aromatic rings. The van der Waals surface area contributed by atoms with Gasteiger partial charge in [0.15, 0.2) is 5.11 Å². The Morgan fingerprint density at radius 1 is 1.45 bits per heavy atom. The average molecular weight is 311 g/mol. The van der Waals surface area contributed by atoms with Gasteiger partial charge in [-0.1, -0.05) is 6.92 Å². The molecule has 0 aromatic carbocycles. The van der Waals surface area contributed by atoms with Crippen LogP contribution in [-0.4, -0.2) is 17.1 Å². The minimum Gasteiger partial charge on any atom is -0.359 e. The first kappa shape index (κ1) is 15.3. The molecule has 0 radical (unpaired) electrons. The van der Waals surface area contributed by atoms with E-state index < -0.39 is 0 Å². The maximum absolute atomic E-state index is 12.2. The van der Waals surface area contributed by atoms with Crippen LogP contribution in [0.5, 0.6) is 0 Å². The van der Waals surface area contributed by atoms with Crippen LogP contribution in [0.2, 0.25) is 0 Å². The van der Waals surface area contributed by atoms with Crippen molar-refractivity contribution in [3.63, 3.8) is 0 Å². The summed E-state index contributed by atoms with van der Waals surface area (Å²) >= 11 is 6.77. The Bertz CT molecular complexity index is 511. The molecule has 0 aliphatic heterocycles. The number of carbonyl (C=O) groups is 1. The van der Waals surface area contributed by atoms with E-state index in [1.807, 2.05) is 19.2 Å². The van der Waals surface area contributed by atoms with Crippen LogP contribution in [0.3, 0.4) is 0 Å². The van der Waals surface area contributed by atoms with Gasteiger partial charge in [0.2, 0.25) is 0 Å². The van der Waals surface area contributed by atoms with E-state index in [9.17, 15) is 4.79 Å². The normalized spacial score (nSPS) is 17.5. The van der Waals surface area contributed by atoms with Crippen molar-refractivity contribution < 1.29 is 4.79 Å². The van der Waals surface area contributed by atoms with Crippen molar-refractivity contribution in [1.82, 2.24) is 16.2 Å². The van der Waals surface area contributed by atoms with Gasteiger partial charge in [-0.15, -0.1) is 11.3 Å². The van der Waals surface area contributed by atoms with Gasteiger partial charge in [-0.2, -0.15) is 0 Å². The monoisotopic (exact) mass is 311 g/mol. The van der Waals surface area contributed by atoms with E-state index in [4.69, 9.17) is 12.2 Å². The smallest absolute Gasteiger partial charge is 0.270 e. The molecule has 2 rings (SSSR count). The van der Waals surface area contributed by atoms with Gasteiger partial charge in [-0.25, -0.2) is 0 Å². The third-order valence-electron chi connectivity index (χ3n) is 3.36. The maximum atomic E-state index is 12.2. The standard InChI is InChI=1S/C14H21N3OS2/c1-8(2)15-14(19)17-16-13(18)11-7-20-12-6-9(3)4-5-10(11)12/h7-9H,4-6H2,1-3H3,(H,16,18)(H2,15,17,19)/t9-/m1/s1. The SMILES string of the molecule is CC(C)NC(=S)NNC(=O)c1csc2c1CC[C@@H](C)C2. The van der Waals surface area contributed by atoms with E-state index in [2.05, 4.69) is 23.1 Å². The summed E-state index contributed by atoms with van der Waals surface area (Å²) in [5.74, 6) is 0.614. The largest absolute Gasteiger partial charge is 0.359 e. The lowest BCUT2D eigenvalue weighted by molar-refractivity contribution is 0.0942. The first-order chi connectivity index (χ1) is 9.47. The summed E-state index contributed by atoms with van der Waals surface area (Å²) in [7, 11) is 0. The summed E-state index contributed by atoms with van der Waals surface area (Å²) < 4.78 is 0. The molecule has 20 heavy (non-hydrogen) atoms. The fourth-order valence-corrected chi connectivity index (χ4v) is 3.88. The van der Waals surface area contributed by atoms with Crippen LogP contribution < -0.4 is 16.2 Å². The molecule has 110 valence electrons. The highest BCUT2D eigenvalue weighted by Gasteiger charge is 2.23. The molecule has 1 heterocycles. The lowest BCUT2D eigenvalue weighted by atomic mass is 9.88. The van der Waals surface area contributed by atoms with Gasteiger partial charge in [-0.05, 0) is 56.8 Å². The summed E-state index contributed by atoms with van der Waals surface area (Å²) in [5.41, 5.74) is 7.41. The Kier molecular flexibility index (Phi) is 4.99. The second-order valence-electron chi connectivity index (χ2n) is 5.61. The number of amides is 1. The second kappa shape index (κ2) is 6.54. The van der Waals surface area contributed by atoms with Crippen LogP contribution in [0.1, 0.15) is 48.0 Å². The Labute approximate surface area is 129 Å². The topological polar surface area (TPSA) is 53.2 Å². The van der Waals surface area contributed by atoms with Gasteiger partial charge >= 0.3 is 0 Å². The summed E-state index contributed by atoms with van der Waals surface area (Å²) in [4.78, 5) is 13.6. The quantitative estimate of drug-likeness (QED) is 0.580. The van der Waals surface area contributed by atoms with E-state index in [0.717, 1.165) is 30.7 Å². The van der Waals surface area contributed by atoms with E-state index >= 15 is 0 Å². The van der Waals surface area contributed by atoms with Crippen molar-refractivity contribution in [2.45, 2.75) is 46.1 Å². The number of rotatable bonds is 2. The van der Waals surface area contributed by atoms with Crippen LogP contribution in [0.25, 0.3) is 0 Å². The number of nitrogens with one attached hydrogen (secondary N) is 3. The number of thiocarbonyl (C=S) groups is 1. The average Bonchev–Trinajstić information content (AvgIpc) is 2.78. The predicted octanol–water partition coefficient (Wildman–Crippen LogP) is 2.39. The van der Waals surface area contributed by atoms with Crippen molar-refractivity contribution in [3.8, 4) is 0 Å². The lowest BCUT2D eigenvalue weighted by Crippen LogP contribution is -2.48. The molecule has 0 saturated carbocycles. The van der Waals surface area contributed by atoms with Crippen molar-refractivity contribution in [2.75, 3.05) is 0 Å². The van der Waals surface area contributed by atoms with Crippen molar-refractivity contribution in [3.05, 3.63) is 21.4 Å². The zero-order valence-corrected chi connectivity index (χ0v) is 13.7. The molecule has 1 aromatic heterocycles. The summed E-state index contributed by atoms with van der Waals surface area (Å²) in [6.45, 7) is 6.25. The molecule has 0 unspecified atom stereocenters. The van der Waals surface area contributed by atoms with Crippen LogP contribution in [-0.2, 0) is 12.8 Å². The van der Waals surface area contributed by atoms with Crippen LogP contribution in [0.4, 0.5) is 0 Å². The third-order valence-corrected chi connectivity index (χ3v) is 4.63. The van der Waals surface area contributed by atoms with E-state index in [1.54, 1.807) is 11.3 Å². The molecule has 6 heteroatoms. The molecule has 0 saturated heterocycles. The fourth-order valence-electron chi connectivity index (χ4n) is 2.35. The van der Waals surface area contributed by atoms with Gasteiger partial charge < -0.3 is 5.32 Å².